The molecule has 5 unspecified atom stereocenters. The molecule has 0 aromatic carbocycles. The lowest BCUT2D eigenvalue weighted by Gasteiger charge is -2.46. The van der Waals surface area contributed by atoms with Crippen molar-refractivity contribution in [1.29, 1.82) is 0 Å². The molecule has 6 nitrogen and oxygen atoms in total. The van der Waals surface area contributed by atoms with E-state index in [1.54, 1.807) is 0 Å². The average molecular weight is 527 g/mol. The predicted molar refractivity (Wildman–Crippen MR) is 157 cm³/mol. The summed E-state index contributed by atoms with van der Waals surface area (Å²) in [7, 11) is 0. The van der Waals surface area contributed by atoms with Gasteiger partial charge in [-0.25, -0.2) is 0 Å². The Morgan fingerprint density at radius 3 is 2.61 bits per heavy atom. The minimum atomic E-state index is -0.322. The van der Waals surface area contributed by atoms with Gasteiger partial charge in [0.1, 0.15) is 5.84 Å². The van der Waals surface area contributed by atoms with Crippen molar-refractivity contribution in [3.63, 3.8) is 0 Å². The van der Waals surface area contributed by atoms with Gasteiger partial charge in [0.25, 0.3) is 0 Å². The second-order valence-corrected chi connectivity index (χ2v) is 13.1. The van der Waals surface area contributed by atoms with E-state index in [1.807, 2.05) is 4.90 Å². The number of aliphatic imine (C=N–C) groups is 1. The lowest BCUT2D eigenvalue weighted by Crippen LogP contribution is -2.62. The number of rotatable bonds is 10. The van der Waals surface area contributed by atoms with Crippen LogP contribution in [0.25, 0.3) is 0 Å². The van der Waals surface area contributed by atoms with E-state index in [9.17, 15) is 9.90 Å². The number of nitrogens with zero attached hydrogens (tertiary/aromatic N) is 4. The molecular formula is C32H54N4O2. The Hall–Kier alpha value is -1.50. The average Bonchev–Trinajstić information content (AvgIpc) is 3.37. The van der Waals surface area contributed by atoms with E-state index in [2.05, 4.69) is 69.6 Å². The highest BCUT2D eigenvalue weighted by Gasteiger charge is 2.38. The molecule has 0 spiro atoms. The van der Waals surface area contributed by atoms with E-state index in [0.717, 1.165) is 44.7 Å². The van der Waals surface area contributed by atoms with Crippen LogP contribution in [0.3, 0.4) is 0 Å². The van der Waals surface area contributed by atoms with Gasteiger partial charge >= 0.3 is 0 Å². The second kappa shape index (κ2) is 13.2. The van der Waals surface area contributed by atoms with Crippen LogP contribution in [0.5, 0.6) is 0 Å². The van der Waals surface area contributed by atoms with Crippen LogP contribution >= 0.6 is 0 Å². The molecule has 2 heterocycles. The summed E-state index contributed by atoms with van der Waals surface area (Å²) in [5.41, 5.74) is 1.53. The number of hydrogen-bond acceptors (Lipinski definition) is 5. The zero-order chi connectivity index (χ0) is 27.4. The fourth-order valence-corrected chi connectivity index (χ4v) is 7.31. The minimum Gasteiger partial charge on any atom is -0.393 e. The molecule has 6 atom stereocenters. The Bertz CT molecular complexity index is 894. The molecule has 4 rings (SSSR count). The zero-order valence-electron chi connectivity index (χ0n) is 25.0. The molecule has 0 radical (unpaired) electrons. The Balaban J connectivity index is 1.25. The standard InChI is InChI=1S/C32H54N4O2/c1-22(2)34-18-19-35(23(3)4)30(21-34)32-33-16-17-36(32)31(38)9-7-8-27(37)13-15-28-25(6)11-12-26-20-24(5)10-14-29(26)28/h11-12,20,22-25,27-30,37H,7-10,13-19,21H2,1-6H3/t24-,25?,27?,28?,29?,30?/m1/s1. The maximum atomic E-state index is 13.3. The van der Waals surface area contributed by atoms with Crippen LogP contribution in [-0.2, 0) is 4.79 Å². The second-order valence-electron chi connectivity index (χ2n) is 13.1. The summed E-state index contributed by atoms with van der Waals surface area (Å²) in [5, 5.41) is 10.8. The number of carbonyl (C=O) groups is 1. The summed E-state index contributed by atoms with van der Waals surface area (Å²) >= 11 is 0. The largest absolute Gasteiger partial charge is 0.393 e. The number of amides is 1. The molecule has 0 aromatic heterocycles. The highest BCUT2D eigenvalue weighted by Crippen LogP contribution is 2.43. The van der Waals surface area contributed by atoms with Gasteiger partial charge in [0.2, 0.25) is 5.91 Å². The van der Waals surface area contributed by atoms with E-state index in [-0.39, 0.29) is 18.1 Å². The summed E-state index contributed by atoms with van der Waals surface area (Å²) in [6.07, 6.45) is 13.3. The molecule has 1 N–H and O–H groups in total. The molecule has 1 fully saturated rings. The van der Waals surface area contributed by atoms with Crippen molar-refractivity contribution < 1.29 is 9.90 Å². The molecule has 1 saturated heterocycles. The van der Waals surface area contributed by atoms with Crippen molar-refractivity contribution in [2.24, 2.45) is 28.7 Å². The van der Waals surface area contributed by atoms with Gasteiger partial charge in [0, 0.05) is 44.7 Å². The van der Waals surface area contributed by atoms with Crippen molar-refractivity contribution in [3.8, 4) is 0 Å². The maximum absolute atomic E-state index is 13.3. The molecule has 38 heavy (non-hydrogen) atoms. The van der Waals surface area contributed by atoms with Crippen LogP contribution in [0.1, 0.15) is 86.5 Å². The van der Waals surface area contributed by atoms with Crippen LogP contribution in [0.2, 0.25) is 0 Å². The molecule has 1 amide bonds. The number of piperazine rings is 1. The first-order valence-electron chi connectivity index (χ1n) is 15.6. The lowest BCUT2D eigenvalue weighted by molar-refractivity contribution is -0.127. The molecule has 0 bridgehead atoms. The number of aliphatic hydroxyl groups is 1. The topological polar surface area (TPSA) is 59.4 Å². The monoisotopic (exact) mass is 526 g/mol. The number of fused-ring (bicyclic) bond motifs is 1. The van der Waals surface area contributed by atoms with E-state index < -0.39 is 0 Å². The summed E-state index contributed by atoms with van der Waals surface area (Å²) in [6, 6.07) is 1.10. The number of amidine groups is 1. The van der Waals surface area contributed by atoms with Crippen LogP contribution in [0, 0.1) is 23.7 Å². The van der Waals surface area contributed by atoms with Gasteiger partial charge in [-0.1, -0.05) is 32.1 Å². The van der Waals surface area contributed by atoms with Crippen molar-refractivity contribution in [1.82, 2.24) is 14.7 Å². The van der Waals surface area contributed by atoms with Gasteiger partial charge < -0.3 is 5.11 Å². The molecule has 0 aromatic rings. The van der Waals surface area contributed by atoms with E-state index in [1.165, 1.54) is 18.4 Å². The molecule has 214 valence electrons. The Labute approximate surface area is 232 Å². The molecule has 6 heteroatoms. The molecular weight excluding hydrogens is 472 g/mol. The molecule has 4 aliphatic rings. The van der Waals surface area contributed by atoms with Crippen molar-refractivity contribution in [2.75, 3.05) is 32.7 Å². The van der Waals surface area contributed by atoms with Crippen LogP contribution in [-0.4, -0.2) is 88.5 Å². The third-order valence-electron chi connectivity index (χ3n) is 9.70. The fraction of sp³-hybridized carbons (Fsp3) is 0.812. The Morgan fingerprint density at radius 2 is 1.87 bits per heavy atom. The van der Waals surface area contributed by atoms with Gasteiger partial charge in [0.05, 0.1) is 18.7 Å². The minimum absolute atomic E-state index is 0.177. The van der Waals surface area contributed by atoms with E-state index in [0.29, 0.717) is 61.7 Å². The van der Waals surface area contributed by atoms with E-state index >= 15 is 0 Å². The van der Waals surface area contributed by atoms with Gasteiger partial charge in [-0.05, 0) is 95.5 Å². The number of carbonyl (C=O) groups excluding carboxylic acids is 1. The first kappa shape index (κ1) is 29.5. The van der Waals surface area contributed by atoms with Gasteiger partial charge in [-0.2, -0.15) is 0 Å². The summed E-state index contributed by atoms with van der Waals surface area (Å²) in [5.74, 6) is 3.69. The fourth-order valence-electron chi connectivity index (χ4n) is 7.31. The van der Waals surface area contributed by atoms with E-state index in [4.69, 9.17) is 4.99 Å². The maximum Gasteiger partial charge on any atom is 0.227 e. The normalized spacial score (nSPS) is 31.5. The number of aliphatic hydroxyl groups excluding tert-OH is 1. The van der Waals surface area contributed by atoms with Gasteiger partial charge in [-0.3, -0.25) is 24.5 Å². The molecule has 2 aliphatic heterocycles. The first-order valence-corrected chi connectivity index (χ1v) is 15.6. The first-order chi connectivity index (χ1) is 18.2. The summed E-state index contributed by atoms with van der Waals surface area (Å²) < 4.78 is 0. The highest BCUT2D eigenvalue weighted by atomic mass is 16.3. The van der Waals surface area contributed by atoms with Crippen LogP contribution in [0.4, 0.5) is 0 Å². The molecule has 2 aliphatic carbocycles. The molecule has 0 saturated carbocycles. The summed E-state index contributed by atoms with van der Waals surface area (Å²) in [6.45, 7) is 18.1. The van der Waals surface area contributed by atoms with Crippen LogP contribution < -0.4 is 0 Å². The van der Waals surface area contributed by atoms with Crippen molar-refractivity contribution in [2.45, 2.75) is 111 Å². The van der Waals surface area contributed by atoms with Crippen LogP contribution in [0.15, 0.2) is 28.8 Å². The number of hydrogen-bond donors (Lipinski definition) is 1. The van der Waals surface area contributed by atoms with Gasteiger partial charge in [0.15, 0.2) is 0 Å². The quantitative estimate of drug-likeness (QED) is 0.428. The van der Waals surface area contributed by atoms with Crippen molar-refractivity contribution >= 4 is 11.7 Å². The van der Waals surface area contributed by atoms with Crippen molar-refractivity contribution in [3.05, 3.63) is 23.8 Å². The zero-order valence-corrected chi connectivity index (χ0v) is 25.0. The smallest absolute Gasteiger partial charge is 0.227 e. The predicted octanol–water partition coefficient (Wildman–Crippen LogP) is 5.14. The Morgan fingerprint density at radius 1 is 1.08 bits per heavy atom. The third kappa shape index (κ3) is 6.98. The third-order valence-corrected chi connectivity index (χ3v) is 9.70. The highest BCUT2D eigenvalue weighted by molar-refractivity contribution is 6.02. The SMILES string of the molecule is CC1C=CC2=C[C@H](C)CCC2C1CCC(O)CCCC(=O)N1CCN=C1C1CN(C(C)C)CCN1C(C)C. The Kier molecular flexibility index (Phi) is 10.3. The van der Waals surface area contributed by atoms with Gasteiger partial charge in [-0.15, -0.1) is 0 Å². The summed E-state index contributed by atoms with van der Waals surface area (Å²) in [4.78, 5) is 25.2. The number of allylic oxidation sites excluding steroid dienone is 4. The lowest BCUT2D eigenvalue weighted by atomic mass is 9.66.